The van der Waals surface area contributed by atoms with Crippen molar-refractivity contribution in [1.29, 1.82) is 0 Å². The van der Waals surface area contributed by atoms with Gasteiger partial charge in [0.25, 0.3) is 0 Å². The number of carbonyl (C=O) groups is 1. The van der Waals surface area contributed by atoms with Gasteiger partial charge < -0.3 is 9.73 Å². The van der Waals surface area contributed by atoms with Crippen molar-refractivity contribution in [3.05, 3.63) is 58.9 Å². The minimum absolute atomic E-state index is 0.0369. The Morgan fingerprint density at radius 1 is 1.16 bits per heavy atom. The standard InChI is InChI=1S/C18H21N3O3S/c1-2-20-15-7-3-4-8-16(15)21(18(20)23)12-17(22)19-9-11-25-13-14-6-5-10-24-14/h3-8,10H,2,9,11-13H2,1H3,(H,19,22). The summed E-state index contributed by atoms with van der Waals surface area (Å²) in [4.78, 5) is 24.7. The Hall–Kier alpha value is -2.41. The molecule has 0 fully saturated rings. The zero-order chi connectivity index (χ0) is 17.6. The zero-order valence-electron chi connectivity index (χ0n) is 14.1. The third-order valence-electron chi connectivity index (χ3n) is 3.94. The van der Waals surface area contributed by atoms with E-state index in [9.17, 15) is 9.59 Å². The number of hydrogen-bond acceptors (Lipinski definition) is 4. The number of carbonyl (C=O) groups excluding carboxylic acids is 1. The van der Waals surface area contributed by atoms with Crippen LogP contribution in [0, 0.1) is 0 Å². The highest BCUT2D eigenvalue weighted by Gasteiger charge is 2.13. The maximum Gasteiger partial charge on any atom is 0.329 e. The number of furan rings is 1. The lowest BCUT2D eigenvalue weighted by Gasteiger charge is -2.06. The zero-order valence-corrected chi connectivity index (χ0v) is 14.9. The number of imidazole rings is 1. The molecule has 3 aromatic rings. The number of amides is 1. The first-order chi connectivity index (χ1) is 12.2. The van der Waals surface area contributed by atoms with Gasteiger partial charge in [-0.2, -0.15) is 11.8 Å². The van der Waals surface area contributed by atoms with E-state index in [1.165, 1.54) is 4.57 Å². The molecule has 0 atom stereocenters. The molecule has 2 aromatic heterocycles. The molecule has 0 bridgehead atoms. The predicted octanol–water partition coefficient (Wildman–Crippen LogP) is 2.47. The Labute approximate surface area is 149 Å². The summed E-state index contributed by atoms with van der Waals surface area (Å²) in [6, 6.07) is 11.3. The minimum Gasteiger partial charge on any atom is -0.468 e. The lowest BCUT2D eigenvalue weighted by atomic mass is 10.3. The molecule has 1 N–H and O–H groups in total. The highest BCUT2D eigenvalue weighted by molar-refractivity contribution is 7.98. The van der Waals surface area contributed by atoms with Crippen molar-refractivity contribution in [3.8, 4) is 0 Å². The fourth-order valence-corrected chi connectivity index (χ4v) is 3.52. The number of hydrogen-bond donors (Lipinski definition) is 1. The number of nitrogens with one attached hydrogen (secondary N) is 1. The molecule has 1 aromatic carbocycles. The highest BCUT2D eigenvalue weighted by atomic mass is 32.2. The number of nitrogens with zero attached hydrogens (tertiary/aromatic N) is 2. The molecule has 0 aliphatic rings. The normalized spacial score (nSPS) is 11.1. The van der Waals surface area contributed by atoms with Crippen LogP contribution in [0.25, 0.3) is 11.0 Å². The number of thioether (sulfide) groups is 1. The average Bonchev–Trinajstić information content (AvgIpc) is 3.22. The van der Waals surface area contributed by atoms with Gasteiger partial charge in [0.1, 0.15) is 12.3 Å². The van der Waals surface area contributed by atoms with Gasteiger partial charge in [0.2, 0.25) is 5.91 Å². The van der Waals surface area contributed by atoms with Gasteiger partial charge in [-0.1, -0.05) is 12.1 Å². The number of aryl methyl sites for hydroxylation is 1. The average molecular weight is 359 g/mol. The Morgan fingerprint density at radius 3 is 2.60 bits per heavy atom. The Kier molecular flexibility index (Phi) is 5.65. The van der Waals surface area contributed by atoms with E-state index >= 15 is 0 Å². The van der Waals surface area contributed by atoms with E-state index in [1.54, 1.807) is 22.6 Å². The molecule has 7 heteroatoms. The largest absolute Gasteiger partial charge is 0.468 e. The van der Waals surface area contributed by atoms with Crippen LogP contribution < -0.4 is 11.0 Å². The first-order valence-electron chi connectivity index (χ1n) is 8.25. The number of benzene rings is 1. The molecule has 6 nitrogen and oxygen atoms in total. The molecule has 2 heterocycles. The van der Waals surface area contributed by atoms with E-state index in [1.807, 2.05) is 43.3 Å². The quantitative estimate of drug-likeness (QED) is 0.627. The predicted molar refractivity (Wildman–Crippen MR) is 99.8 cm³/mol. The summed E-state index contributed by atoms with van der Waals surface area (Å²) in [6.45, 7) is 3.10. The van der Waals surface area contributed by atoms with Crippen molar-refractivity contribution in [2.45, 2.75) is 25.8 Å². The highest BCUT2D eigenvalue weighted by Crippen LogP contribution is 2.13. The smallest absolute Gasteiger partial charge is 0.329 e. The molecule has 3 rings (SSSR count). The number of para-hydroxylation sites is 2. The molecule has 1 amide bonds. The topological polar surface area (TPSA) is 69.2 Å². The molecular formula is C18H21N3O3S. The van der Waals surface area contributed by atoms with Gasteiger partial charge in [-0.3, -0.25) is 13.9 Å². The van der Waals surface area contributed by atoms with Gasteiger partial charge in [-0.15, -0.1) is 0 Å². The summed E-state index contributed by atoms with van der Waals surface area (Å²) >= 11 is 1.69. The van der Waals surface area contributed by atoms with E-state index in [-0.39, 0.29) is 18.1 Å². The first-order valence-corrected chi connectivity index (χ1v) is 9.41. The van der Waals surface area contributed by atoms with E-state index in [2.05, 4.69) is 5.32 Å². The number of rotatable bonds is 8. The lowest BCUT2D eigenvalue weighted by Crippen LogP contribution is -2.34. The van der Waals surface area contributed by atoms with E-state index < -0.39 is 0 Å². The molecule has 0 aliphatic heterocycles. The van der Waals surface area contributed by atoms with Gasteiger partial charge in [0.05, 0.1) is 23.0 Å². The molecule has 0 saturated carbocycles. The van der Waals surface area contributed by atoms with Gasteiger partial charge in [0, 0.05) is 18.8 Å². The Morgan fingerprint density at radius 2 is 1.92 bits per heavy atom. The van der Waals surface area contributed by atoms with Gasteiger partial charge in [-0.05, 0) is 31.2 Å². The van der Waals surface area contributed by atoms with Crippen LogP contribution >= 0.6 is 11.8 Å². The summed E-state index contributed by atoms with van der Waals surface area (Å²) in [6.07, 6.45) is 1.65. The van der Waals surface area contributed by atoms with Crippen LogP contribution in [0.2, 0.25) is 0 Å². The van der Waals surface area contributed by atoms with Crippen molar-refractivity contribution < 1.29 is 9.21 Å². The summed E-state index contributed by atoms with van der Waals surface area (Å²) in [5.74, 6) is 2.35. The SMILES string of the molecule is CCn1c(=O)n(CC(=O)NCCSCc2ccco2)c2ccccc21. The van der Waals surface area contributed by atoms with Crippen LogP contribution in [0.5, 0.6) is 0 Å². The van der Waals surface area contributed by atoms with Gasteiger partial charge >= 0.3 is 5.69 Å². The molecule has 132 valence electrons. The summed E-state index contributed by atoms with van der Waals surface area (Å²) in [5.41, 5.74) is 1.50. The molecule has 0 saturated heterocycles. The van der Waals surface area contributed by atoms with E-state index in [0.717, 1.165) is 28.3 Å². The van der Waals surface area contributed by atoms with Crippen molar-refractivity contribution in [1.82, 2.24) is 14.5 Å². The second kappa shape index (κ2) is 8.11. The van der Waals surface area contributed by atoms with E-state index in [4.69, 9.17) is 4.42 Å². The molecule has 0 radical (unpaired) electrons. The van der Waals surface area contributed by atoms with Crippen LogP contribution in [0.15, 0.2) is 51.9 Å². The molecule has 0 aliphatic carbocycles. The van der Waals surface area contributed by atoms with Crippen molar-refractivity contribution >= 4 is 28.7 Å². The summed E-state index contributed by atoms with van der Waals surface area (Å²) < 4.78 is 8.47. The minimum atomic E-state index is -0.153. The van der Waals surface area contributed by atoms with E-state index in [0.29, 0.717) is 13.1 Å². The molecular weight excluding hydrogens is 338 g/mol. The van der Waals surface area contributed by atoms with Crippen LogP contribution in [-0.2, 0) is 23.6 Å². The third-order valence-corrected chi connectivity index (χ3v) is 4.92. The first kappa shape index (κ1) is 17.4. The maximum atomic E-state index is 12.5. The van der Waals surface area contributed by atoms with Crippen LogP contribution in [0.3, 0.4) is 0 Å². The summed E-state index contributed by atoms with van der Waals surface area (Å²) in [7, 11) is 0. The fourth-order valence-electron chi connectivity index (χ4n) is 2.76. The second-order valence-electron chi connectivity index (χ2n) is 5.58. The molecule has 0 spiro atoms. The second-order valence-corrected chi connectivity index (χ2v) is 6.69. The van der Waals surface area contributed by atoms with Crippen LogP contribution in [0.1, 0.15) is 12.7 Å². The van der Waals surface area contributed by atoms with Gasteiger partial charge in [0.15, 0.2) is 0 Å². The van der Waals surface area contributed by atoms with Crippen molar-refractivity contribution in [2.75, 3.05) is 12.3 Å². The maximum absolute atomic E-state index is 12.5. The Balaban J connectivity index is 1.55. The number of fused-ring (bicyclic) bond motifs is 1. The van der Waals surface area contributed by atoms with Gasteiger partial charge in [-0.25, -0.2) is 4.79 Å². The van der Waals surface area contributed by atoms with Crippen molar-refractivity contribution in [3.63, 3.8) is 0 Å². The fraction of sp³-hybridized carbons (Fsp3) is 0.333. The molecule has 25 heavy (non-hydrogen) atoms. The van der Waals surface area contributed by atoms with Crippen LogP contribution in [0.4, 0.5) is 0 Å². The lowest BCUT2D eigenvalue weighted by molar-refractivity contribution is -0.121. The molecule has 0 unspecified atom stereocenters. The number of aromatic nitrogens is 2. The monoisotopic (exact) mass is 359 g/mol. The third kappa shape index (κ3) is 3.99. The Bertz CT molecular complexity index is 896. The van der Waals surface area contributed by atoms with Crippen LogP contribution in [-0.4, -0.2) is 27.3 Å². The van der Waals surface area contributed by atoms with Crippen molar-refractivity contribution in [2.24, 2.45) is 0 Å². The summed E-state index contributed by atoms with van der Waals surface area (Å²) in [5, 5.41) is 2.87.